The molecule has 0 N–H and O–H groups in total. The van der Waals surface area contributed by atoms with E-state index in [0.717, 1.165) is 33.4 Å². The summed E-state index contributed by atoms with van der Waals surface area (Å²) < 4.78 is 5.94. The van der Waals surface area contributed by atoms with Gasteiger partial charge in [-0.05, 0) is 43.3 Å². The molecule has 0 spiro atoms. The fourth-order valence-electron chi connectivity index (χ4n) is 3.85. The molecular formula is C21H16N4O. The summed E-state index contributed by atoms with van der Waals surface area (Å²) in [5.74, 6) is 0. The standard InChI is InChI=1S/C21H16N4O/c1-13-24(2)20-14(12-22)5-3-7-18(20)25(13)15-8-9-16-17-6-4-10-23-21(17)26-19(16)11-15/h3-11,13H,1-2H3/t13-/m0/s1. The van der Waals surface area contributed by atoms with Gasteiger partial charge in [-0.25, -0.2) is 4.98 Å². The van der Waals surface area contributed by atoms with Crippen molar-refractivity contribution < 1.29 is 4.42 Å². The first-order valence-corrected chi connectivity index (χ1v) is 8.51. The number of hydrogen-bond acceptors (Lipinski definition) is 5. The lowest BCUT2D eigenvalue weighted by molar-refractivity contribution is 0.653. The number of nitriles is 1. The highest BCUT2D eigenvalue weighted by Crippen LogP contribution is 2.45. The molecule has 1 atom stereocenters. The van der Waals surface area contributed by atoms with Crippen molar-refractivity contribution >= 4 is 39.1 Å². The van der Waals surface area contributed by atoms with Crippen molar-refractivity contribution in [2.24, 2.45) is 0 Å². The van der Waals surface area contributed by atoms with Crippen LogP contribution in [0.1, 0.15) is 12.5 Å². The summed E-state index contributed by atoms with van der Waals surface area (Å²) in [6.07, 6.45) is 1.84. The smallest absolute Gasteiger partial charge is 0.227 e. The molecule has 1 aliphatic rings. The van der Waals surface area contributed by atoms with E-state index in [1.807, 2.05) is 31.3 Å². The van der Waals surface area contributed by atoms with E-state index in [2.05, 4.69) is 52.0 Å². The lowest BCUT2D eigenvalue weighted by Gasteiger charge is -2.27. The minimum atomic E-state index is 0.0967. The molecule has 2 aromatic carbocycles. The van der Waals surface area contributed by atoms with Gasteiger partial charge in [0, 0.05) is 35.8 Å². The van der Waals surface area contributed by atoms with Gasteiger partial charge in [0.15, 0.2) is 0 Å². The molecule has 0 unspecified atom stereocenters. The van der Waals surface area contributed by atoms with Crippen molar-refractivity contribution in [2.45, 2.75) is 13.1 Å². The number of para-hydroxylation sites is 1. The van der Waals surface area contributed by atoms with Crippen LogP contribution in [-0.4, -0.2) is 18.2 Å². The lowest BCUT2D eigenvalue weighted by atomic mass is 10.1. The van der Waals surface area contributed by atoms with Gasteiger partial charge in [-0.2, -0.15) is 5.26 Å². The number of pyridine rings is 1. The molecular weight excluding hydrogens is 324 g/mol. The van der Waals surface area contributed by atoms with Gasteiger partial charge < -0.3 is 14.2 Å². The van der Waals surface area contributed by atoms with Gasteiger partial charge in [0.05, 0.1) is 16.9 Å². The van der Waals surface area contributed by atoms with Crippen molar-refractivity contribution in [1.82, 2.24) is 4.98 Å². The largest absolute Gasteiger partial charge is 0.438 e. The van der Waals surface area contributed by atoms with E-state index in [9.17, 15) is 5.26 Å². The van der Waals surface area contributed by atoms with E-state index in [1.165, 1.54) is 0 Å². The fraction of sp³-hybridized carbons (Fsp3) is 0.143. The van der Waals surface area contributed by atoms with Crippen LogP contribution >= 0.6 is 0 Å². The molecule has 1 aliphatic heterocycles. The van der Waals surface area contributed by atoms with Crippen molar-refractivity contribution in [3.8, 4) is 6.07 Å². The summed E-state index contributed by atoms with van der Waals surface area (Å²) in [6, 6.07) is 18.3. The monoisotopic (exact) mass is 340 g/mol. The van der Waals surface area contributed by atoms with Gasteiger partial charge >= 0.3 is 0 Å². The van der Waals surface area contributed by atoms with Crippen molar-refractivity contribution in [3.05, 3.63) is 60.3 Å². The average molecular weight is 340 g/mol. The first-order valence-electron chi connectivity index (χ1n) is 8.51. The molecule has 5 heteroatoms. The van der Waals surface area contributed by atoms with Crippen molar-refractivity contribution in [1.29, 1.82) is 5.26 Å². The maximum Gasteiger partial charge on any atom is 0.227 e. The van der Waals surface area contributed by atoms with Crippen LogP contribution < -0.4 is 9.80 Å². The Balaban J connectivity index is 1.71. The third-order valence-electron chi connectivity index (χ3n) is 5.19. The maximum atomic E-state index is 9.47. The molecule has 2 aromatic heterocycles. The Hall–Kier alpha value is -3.52. The molecule has 0 fully saturated rings. The van der Waals surface area contributed by atoms with E-state index in [-0.39, 0.29) is 6.17 Å². The molecule has 5 rings (SSSR count). The van der Waals surface area contributed by atoms with Crippen LogP contribution in [-0.2, 0) is 0 Å². The molecule has 0 aliphatic carbocycles. The summed E-state index contributed by atoms with van der Waals surface area (Å²) in [5, 5.41) is 11.5. The third-order valence-corrected chi connectivity index (χ3v) is 5.19. The summed E-state index contributed by atoms with van der Waals surface area (Å²) in [7, 11) is 2.02. The van der Waals surface area contributed by atoms with Gasteiger partial charge in [0.1, 0.15) is 17.8 Å². The van der Waals surface area contributed by atoms with Crippen molar-refractivity contribution in [2.75, 3.05) is 16.8 Å². The molecule has 0 saturated heterocycles. The number of furan rings is 1. The van der Waals surface area contributed by atoms with Gasteiger partial charge in [0.25, 0.3) is 0 Å². The van der Waals surface area contributed by atoms with E-state index in [0.29, 0.717) is 11.3 Å². The quantitative estimate of drug-likeness (QED) is 0.499. The molecule has 26 heavy (non-hydrogen) atoms. The highest BCUT2D eigenvalue weighted by Gasteiger charge is 2.33. The average Bonchev–Trinajstić information content (AvgIpc) is 3.16. The van der Waals surface area contributed by atoms with Gasteiger partial charge in [-0.3, -0.25) is 0 Å². The maximum absolute atomic E-state index is 9.47. The summed E-state index contributed by atoms with van der Waals surface area (Å²) in [4.78, 5) is 8.68. The van der Waals surface area contributed by atoms with E-state index in [4.69, 9.17) is 4.42 Å². The second kappa shape index (κ2) is 5.24. The van der Waals surface area contributed by atoms with Crippen LogP contribution in [0.25, 0.3) is 22.1 Å². The first kappa shape index (κ1) is 14.8. The molecule has 0 saturated carbocycles. The number of hydrogen-bond donors (Lipinski definition) is 0. The van der Waals surface area contributed by atoms with Gasteiger partial charge in [-0.15, -0.1) is 0 Å². The Morgan fingerprint density at radius 3 is 2.85 bits per heavy atom. The third kappa shape index (κ3) is 1.87. The van der Waals surface area contributed by atoms with Gasteiger partial charge in [-0.1, -0.05) is 6.07 Å². The molecule has 0 bridgehead atoms. The second-order valence-corrected chi connectivity index (χ2v) is 6.54. The summed E-state index contributed by atoms with van der Waals surface area (Å²) in [6.45, 7) is 2.13. The molecule has 3 heterocycles. The van der Waals surface area contributed by atoms with Crippen LogP contribution in [0.5, 0.6) is 0 Å². The minimum absolute atomic E-state index is 0.0967. The van der Waals surface area contributed by atoms with Crippen LogP contribution in [0.15, 0.2) is 59.1 Å². The topological polar surface area (TPSA) is 56.3 Å². The first-order chi connectivity index (χ1) is 12.7. The number of nitrogens with zero attached hydrogens (tertiary/aromatic N) is 4. The molecule has 0 radical (unpaired) electrons. The SMILES string of the molecule is C[C@H]1N(C)c2c(C#N)cccc2N1c1ccc2c(c1)oc1ncccc12. The molecule has 126 valence electrons. The zero-order chi connectivity index (χ0) is 17.8. The van der Waals surface area contributed by atoms with Crippen LogP contribution in [0.3, 0.4) is 0 Å². The lowest BCUT2D eigenvalue weighted by Crippen LogP contribution is -2.35. The number of aromatic nitrogens is 1. The molecule has 4 aromatic rings. The zero-order valence-corrected chi connectivity index (χ0v) is 14.5. The number of rotatable bonds is 1. The van der Waals surface area contributed by atoms with E-state index >= 15 is 0 Å². The Morgan fingerprint density at radius 1 is 1.12 bits per heavy atom. The Labute approximate surface area is 150 Å². The molecule has 5 nitrogen and oxygen atoms in total. The Morgan fingerprint density at radius 2 is 2.00 bits per heavy atom. The zero-order valence-electron chi connectivity index (χ0n) is 14.5. The van der Waals surface area contributed by atoms with E-state index < -0.39 is 0 Å². The number of fused-ring (bicyclic) bond motifs is 4. The predicted molar refractivity (Wildman–Crippen MR) is 103 cm³/mol. The van der Waals surface area contributed by atoms with Crippen LogP contribution in [0.4, 0.5) is 17.1 Å². The highest BCUT2D eigenvalue weighted by atomic mass is 16.3. The normalized spacial score (nSPS) is 16.3. The van der Waals surface area contributed by atoms with Crippen molar-refractivity contribution in [3.63, 3.8) is 0 Å². The van der Waals surface area contributed by atoms with E-state index in [1.54, 1.807) is 6.20 Å². The Bertz CT molecular complexity index is 1200. The number of benzene rings is 2. The minimum Gasteiger partial charge on any atom is -0.438 e. The molecule has 0 amide bonds. The highest BCUT2D eigenvalue weighted by molar-refractivity contribution is 6.04. The Kier molecular flexibility index (Phi) is 2.98. The number of anilines is 3. The van der Waals surface area contributed by atoms with Gasteiger partial charge in [0.2, 0.25) is 5.71 Å². The summed E-state index contributed by atoms with van der Waals surface area (Å²) >= 11 is 0. The second-order valence-electron chi connectivity index (χ2n) is 6.54. The van der Waals surface area contributed by atoms with Crippen LogP contribution in [0, 0.1) is 11.3 Å². The summed E-state index contributed by atoms with van der Waals surface area (Å²) in [5.41, 5.74) is 5.19. The van der Waals surface area contributed by atoms with Crippen LogP contribution in [0.2, 0.25) is 0 Å². The predicted octanol–water partition coefficient (Wildman–Crippen LogP) is 4.79. The fourth-order valence-corrected chi connectivity index (χ4v) is 3.85.